The second-order valence-electron chi connectivity index (χ2n) is 9.45. The van der Waals surface area contributed by atoms with E-state index in [1.54, 1.807) is 16.1 Å². The molecule has 1 aliphatic carbocycles. The van der Waals surface area contributed by atoms with Gasteiger partial charge in [0.05, 0.1) is 11.1 Å². The molecule has 1 fully saturated rings. The zero-order valence-corrected chi connectivity index (χ0v) is 18.0. The molecule has 0 spiro atoms. The topological polar surface area (TPSA) is 77.9 Å². The van der Waals surface area contributed by atoms with Crippen molar-refractivity contribution in [2.75, 3.05) is 11.9 Å². The predicted molar refractivity (Wildman–Crippen MR) is 118 cm³/mol. The molecule has 1 aromatic carbocycles. The second kappa shape index (κ2) is 7.48. The van der Waals surface area contributed by atoms with Gasteiger partial charge in [-0.05, 0) is 53.6 Å². The summed E-state index contributed by atoms with van der Waals surface area (Å²) in [6, 6.07) is 9.57. The lowest BCUT2D eigenvalue weighted by Gasteiger charge is -2.34. The fourth-order valence-corrected chi connectivity index (χ4v) is 4.21. The van der Waals surface area contributed by atoms with Crippen LogP contribution in [-0.4, -0.2) is 39.1 Å². The summed E-state index contributed by atoms with van der Waals surface area (Å²) in [5.74, 6) is 0.696. The van der Waals surface area contributed by atoms with Crippen molar-refractivity contribution in [3.05, 3.63) is 59.4 Å². The summed E-state index contributed by atoms with van der Waals surface area (Å²) in [4.78, 5) is 31.3. The monoisotopic (exact) mass is 417 g/mol. The van der Waals surface area contributed by atoms with Gasteiger partial charge < -0.3 is 10.2 Å². The third-order valence-corrected chi connectivity index (χ3v) is 6.28. The van der Waals surface area contributed by atoms with Crippen LogP contribution in [0.4, 0.5) is 10.5 Å². The number of nitrogens with one attached hydrogen (secondary N) is 1. The molecule has 3 amide bonds. The third-order valence-electron chi connectivity index (χ3n) is 6.28. The Morgan fingerprint density at radius 2 is 1.87 bits per heavy atom. The second-order valence-corrected chi connectivity index (χ2v) is 9.45. The van der Waals surface area contributed by atoms with Gasteiger partial charge in [-0.2, -0.15) is 5.10 Å². The number of carbonyl (C=O) groups excluding carboxylic acids is 2. The number of rotatable bonds is 4. The Labute approximate surface area is 182 Å². The van der Waals surface area contributed by atoms with E-state index in [-0.39, 0.29) is 11.9 Å². The summed E-state index contributed by atoms with van der Waals surface area (Å²) in [5.41, 5.74) is 4.42. The Bertz CT molecular complexity index is 1030. The lowest BCUT2D eigenvalue weighted by Crippen LogP contribution is -2.44. The number of urea groups is 1. The maximum absolute atomic E-state index is 12.7. The molecule has 7 heteroatoms. The minimum absolute atomic E-state index is 0.105. The Balaban J connectivity index is 1.27. The maximum Gasteiger partial charge on any atom is 0.322 e. The molecule has 3 aliphatic rings. The minimum atomic E-state index is -0.460. The number of anilines is 1. The van der Waals surface area contributed by atoms with Crippen LogP contribution in [0.1, 0.15) is 49.8 Å². The first kappa shape index (κ1) is 19.7. The fourth-order valence-electron chi connectivity index (χ4n) is 4.21. The molecule has 5 rings (SSSR count). The molecule has 160 valence electrons. The van der Waals surface area contributed by atoms with E-state index < -0.39 is 5.41 Å². The van der Waals surface area contributed by atoms with Crippen molar-refractivity contribution in [3.8, 4) is 0 Å². The molecule has 0 radical (unpaired) electrons. The maximum atomic E-state index is 12.7. The number of pyridine rings is 1. The van der Waals surface area contributed by atoms with E-state index in [0.29, 0.717) is 32.0 Å². The molecule has 0 atom stereocenters. The molecular formula is C24H27N5O2. The van der Waals surface area contributed by atoms with E-state index in [1.807, 2.05) is 50.4 Å². The first-order valence-corrected chi connectivity index (χ1v) is 10.9. The zero-order chi connectivity index (χ0) is 21.6. The Morgan fingerprint density at radius 3 is 2.58 bits per heavy atom. The molecule has 7 nitrogen and oxygen atoms in total. The van der Waals surface area contributed by atoms with Crippen LogP contribution in [0, 0.1) is 11.3 Å². The predicted octanol–water partition coefficient (Wildman–Crippen LogP) is 4.00. The smallest absolute Gasteiger partial charge is 0.316 e. The van der Waals surface area contributed by atoms with Gasteiger partial charge in [0.2, 0.25) is 5.91 Å². The zero-order valence-electron chi connectivity index (χ0n) is 18.0. The molecule has 2 aliphatic heterocycles. The molecule has 31 heavy (non-hydrogen) atoms. The molecular weight excluding hydrogens is 390 g/mol. The molecule has 1 aromatic heterocycles. The number of hydrogen-bond donors (Lipinski definition) is 1. The van der Waals surface area contributed by atoms with E-state index in [0.717, 1.165) is 28.1 Å². The summed E-state index contributed by atoms with van der Waals surface area (Å²) in [6.45, 7) is 5.86. The normalized spacial score (nSPS) is 19.8. The van der Waals surface area contributed by atoms with Crippen molar-refractivity contribution in [1.82, 2.24) is 14.9 Å². The van der Waals surface area contributed by atoms with E-state index in [9.17, 15) is 9.59 Å². The van der Waals surface area contributed by atoms with Gasteiger partial charge in [-0.15, -0.1) is 0 Å². The van der Waals surface area contributed by atoms with E-state index in [4.69, 9.17) is 0 Å². The first-order chi connectivity index (χ1) is 14.9. The molecule has 0 saturated heterocycles. The Hall–Kier alpha value is -3.22. The number of benzene rings is 1. The van der Waals surface area contributed by atoms with Gasteiger partial charge in [-0.3, -0.25) is 9.78 Å². The van der Waals surface area contributed by atoms with Crippen molar-refractivity contribution in [3.63, 3.8) is 0 Å². The Kier molecular flexibility index (Phi) is 4.76. The number of hydrogen-bond acceptors (Lipinski definition) is 4. The highest BCUT2D eigenvalue weighted by Gasteiger charge is 2.40. The summed E-state index contributed by atoms with van der Waals surface area (Å²) >= 11 is 0. The SMILES string of the molecule is CC1(C)CC(c2ccc(NC(=O)N3Cc4ccncc4C3)cc2)=NN(CC2CC2)C1=O. The van der Waals surface area contributed by atoms with Crippen molar-refractivity contribution in [2.45, 2.75) is 46.2 Å². The first-order valence-electron chi connectivity index (χ1n) is 10.9. The van der Waals surface area contributed by atoms with Crippen LogP contribution >= 0.6 is 0 Å². The van der Waals surface area contributed by atoms with Gasteiger partial charge in [0, 0.05) is 44.1 Å². The van der Waals surface area contributed by atoms with Crippen LogP contribution in [-0.2, 0) is 17.9 Å². The fraction of sp³-hybridized carbons (Fsp3) is 0.417. The van der Waals surface area contributed by atoms with Crippen molar-refractivity contribution < 1.29 is 9.59 Å². The van der Waals surface area contributed by atoms with Crippen LogP contribution in [0.3, 0.4) is 0 Å². The number of nitrogens with zero attached hydrogens (tertiary/aromatic N) is 4. The lowest BCUT2D eigenvalue weighted by atomic mass is 9.82. The highest BCUT2D eigenvalue weighted by Crippen LogP contribution is 2.35. The van der Waals surface area contributed by atoms with E-state index in [1.165, 1.54) is 12.8 Å². The number of carbonyl (C=O) groups is 2. The molecule has 0 unspecified atom stereocenters. The van der Waals surface area contributed by atoms with Crippen molar-refractivity contribution in [1.29, 1.82) is 0 Å². The number of hydrazone groups is 1. The van der Waals surface area contributed by atoms with E-state index >= 15 is 0 Å². The summed E-state index contributed by atoms with van der Waals surface area (Å²) in [6.07, 6.45) is 6.55. The quantitative estimate of drug-likeness (QED) is 0.817. The number of fused-ring (bicyclic) bond motifs is 1. The lowest BCUT2D eigenvalue weighted by molar-refractivity contribution is -0.141. The molecule has 1 N–H and O–H groups in total. The average molecular weight is 418 g/mol. The minimum Gasteiger partial charge on any atom is -0.316 e. The summed E-state index contributed by atoms with van der Waals surface area (Å²) in [7, 11) is 0. The largest absolute Gasteiger partial charge is 0.322 e. The average Bonchev–Trinajstić information content (AvgIpc) is 3.46. The molecule has 3 heterocycles. The van der Waals surface area contributed by atoms with Gasteiger partial charge in [0.15, 0.2) is 0 Å². The van der Waals surface area contributed by atoms with Crippen LogP contribution in [0.25, 0.3) is 0 Å². The molecule has 1 saturated carbocycles. The van der Waals surface area contributed by atoms with E-state index in [2.05, 4.69) is 15.4 Å². The van der Waals surface area contributed by atoms with Gasteiger partial charge >= 0.3 is 6.03 Å². The van der Waals surface area contributed by atoms with Crippen molar-refractivity contribution >= 4 is 23.3 Å². The van der Waals surface area contributed by atoms with Crippen LogP contribution in [0.2, 0.25) is 0 Å². The van der Waals surface area contributed by atoms with Crippen molar-refractivity contribution in [2.24, 2.45) is 16.4 Å². The third kappa shape index (κ3) is 4.04. The van der Waals surface area contributed by atoms with Crippen LogP contribution in [0.15, 0.2) is 47.8 Å². The highest BCUT2D eigenvalue weighted by molar-refractivity contribution is 6.06. The van der Waals surface area contributed by atoms with Gasteiger partial charge in [-0.25, -0.2) is 9.80 Å². The van der Waals surface area contributed by atoms with Gasteiger partial charge in [0.25, 0.3) is 0 Å². The summed E-state index contributed by atoms with van der Waals surface area (Å²) in [5, 5.41) is 9.33. The molecule has 2 aromatic rings. The van der Waals surface area contributed by atoms with Gasteiger partial charge in [-0.1, -0.05) is 26.0 Å². The van der Waals surface area contributed by atoms with Gasteiger partial charge in [0.1, 0.15) is 0 Å². The summed E-state index contributed by atoms with van der Waals surface area (Å²) < 4.78 is 0. The van der Waals surface area contributed by atoms with Crippen LogP contribution < -0.4 is 5.32 Å². The number of amides is 3. The molecule has 0 bridgehead atoms. The highest BCUT2D eigenvalue weighted by atomic mass is 16.2. The number of aromatic nitrogens is 1. The standard InChI is InChI=1S/C24H27N5O2/c1-24(2)11-21(27-29(22(24)30)13-16-3-4-16)17-5-7-20(8-6-17)26-23(31)28-14-18-9-10-25-12-19(18)15-28/h5-10,12,16H,3-4,11,13-15H2,1-2H3,(H,26,31). The Morgan fingerprint density at radius 1 is 1.13 bits per heavy atom. The van der Waals surface area contributed by atoms with Crippen LogP contribution in [0.5, 0.6) is 0 Å².